The molecule has 0 aromatic carbocycles. The van der Waals surface area contributed by atoms with E-state index in [2.05, 4.69) is 16.8 Å². The maximum Gasteiger partial charge on any atom is 0.131 e. The standard InChI is InChI=1S/C13H20N2O2/c1-10-6-12(9-16)7-14-13(10)15-4-3-5-17-11(2)8-15/h6-7,11,16H,3-5,8-9H2,1-2H3. The van der Waals surface area contributed by atoms with Crippen LogP contribution < -0.4 is 4.90 Å². The lowest BCUT2D eigenvalue weighted by molar-refractivity contribution is 0.0820. The minimum Gasteiger partial charge on any atom is -0.392 e. The molecule has 0 saturated carbocycles. The van der Waals surface area contributed by atoms with Crippen LogP contribution in [-0.4, -0.2) is 35.9 Å². The van der Waals surface area contributed by atoms with Crippen molar-refractivity contribution in [2.24, 2.45) is 0 Å². The fraction of sp³-hybridized carbons (Fsp3) is 0.615. The number of hydrogen-bond donors (Lipinski definition) is 1. The van der Waals surface area contributed by atoms with Crippen molar-refractivity contribution in [3.8, 4) is 0 Å². The van der Waals surface area contributed by atoms with Crippen molar-refractivity contribution in [3.05, 3.63) is 23.4 Å². The number of aliphatic hydroxyl groups is 1. The van der Waals surface area contributed by atoms with Crippen LogP contribution in [0.2, 0.25) is 0 Å². The van der Waals surface area contributed by atoms with Crippen LogP contribution in [0.1, 0.15) is 24.5 Å². The number of ether oxygens (including phenoxy) is 1. The molecular weight excluding hydrogens is 216 g/mol. The van der Waals surface area contributed by atoms with Gasteiger partial charge in [0.1, 0.15) is 5.82 Å². The molecule has 1 saturated heterocycles. The van der Waals surface area contributed by atoms with Crippen molar-refractivity contribution in [1.29, 1.82) is 0 Å². The Hall–Kier alpha value is -1.13. The van der Waals surface area contributed by atoms with E-state index in [-0.39, 0.29) is 12.7 Å². The summed E-state index contributed by atoms with van der Waals surface area (Å²) in [6.07, 6.45) is 3.03. The molecular formula is C13H20N2O2. The average Bonchev–Trinajstić information content (AvgIpc) is 2.53. The summed E-state index contributed by atoms with van der Waals surface area (Å²) in [5.41, 5.74) is 1.98. The minimum atomic E-state index is 0.0492. The lowest BCUT2D eigenvalue weighted by atomic mass is 10.2. The quantitative estimate of drug-likeness (QED) is 0.845. The van der Waals surface area contributed by atoms with Gasteiger partial charge >= 0.3 is 0 Å². The molecule has 4 heteroatoms. The Morgan fingerprint density at radius 1 is 1.59 bits per heavy atom. The topological polar surface area (TPSA) is 45.6 Å². The molecule has 0 bridgehead atoms. The summed E-state index contributed by atoms with van der Waals surface area (Å²) in [7, 11) is 0. The first-order valence-electron chi connectivity index (χ1n) is 6.13. The van der Waals surface area contributed by atoms with E-state index in [4.69, 9.17) is 9.84 Å². The van der Waals surface area contributed by atoms with E-state index in [0.29, 0.717) is 0 Å². The highest BCUT2D eigenvalue weighted by Gasteiger charge is 2.17. The van der Waals surface area contributed by atoms with Crippen LogP contribution in [0.5, 0.6) is 0 Å². The largest absolute Gasteiger partial charge is 0.392 e. The summed E-state index contributed by atoms with van der Waals surface area (Å²) in [5, 5.41) is 9.08. The SMILES string of the molecule is Cc1cc(CO)cnc1N1CCCOC(C)C1. The van der Waals surface area contributed by atoms with Crippen molar-refractivity contribution in [2.45, 2.75) is 33.0 Å². The van der Waals surface area contributed by atoms with E-state index in [1.54, 1.807) is 6.20 Å². The van der Waals surface area contributed by atoms with Gasteiger partial charge in [-0.3, -0.25) is 0 Å². The van der Waals surface area contributed by atoms with Crippen LogP contribution in [0.15, 0.2) is 12.3 Å². The Morgan fingerprint density at radius 3 is 3.12 bits per heavy atom. The van der Waals surface area contributed by atoms with E-state index in [0.717, 1.165) is 43.1 Å². The summed E-state index contributed by atoms with van der Waals surface area (Å²) < 4.78 is 5.63. The molecule has 1 fully saturated rings. The zero-order valence-corrected chi connectivity index (χ0v) is 10.5. The molecule has 4 nitrogen and oxygen atoms in total. The third kappa shape index (κ3) is 2.96. The highest BCUT2D eigenvalue weighted by Crippen LogP contribution is 2.20. The van der Waals surface area contributed by atoms with Gasteiger partial charge in [0.15, 0.2) is 0 Å². The van der Waals surface area contributed by atoms with Crippen LogP contribution in [0.25, 0.3) is 0 Å². The first-order valence-corrected chi connectivity index (χ1v) is 6.13. The third-order valence-corrected chi connectivity index (χ3v) is 3.04. The van der Waals surface area contributed by atoms with Crippen molar-refractivity contribution in [3.63, 3.8) is 0 Å². The maximum absolute atomic E-state index is 9.08. The highest BCUT2D eigenvalue weighted by molar-refractivity contribution is 5.47. The van der Waals surface area contributed by atoms with Gasteiger partial charge in [0.05, 0.1) is 12.7 Å². The number of aryl methyl sites for hydroxylation is 1. The zero-order chi connectivity index (χ0) is 12.3. The van der Waals surface area contributed by atoms with Crippen LogP contribution in [0.4, 0.5) is 5.82 Å². The van der Waals surface area contributed by atoms with Crippen molar-refractivity contribution < 1.29 is 9.84 Å². The molecule has 94 valence electrons. The van der Waals surface area contributed by atoms with Crippen LogP contribution in [0.3, 0.4) is 0 Å². The molecule has 1 aromatic rings. The molecule has 0 amide bonds. The van der Waals surface area contributed by atoms with E-state index < -0.39 is 0 Å². The number of hydrogen-bond acceptors (Lipinski definition) is 4. The van der Waals surface area contributed by atoms with Gasteiger partial charge in [-0.05, 0) is 37.5 Å². The van der Waals surface area contributed by atoms with Gasteiger partial charge in [-0.15, -0.1) is 0 Å². The summed E-state index contributed by atoms with van der Waals surface area (Å²) in [4.78, 5) is 6.73. The second kappa shape index (κ2) is 5.47. The van der Waals surface area contributed by atoms with Gasteiger partial charge in [0, 0.05) is 25.9 Å². The number of nitrogens with zero attached hydrogens (tertiary/aromatic N) is 2. The van der Waals surface area contributed by atoms with Gasteiger partial charge in [0.25, 0.3) is 0 Å². The van der Waals surface area contributed by atoms with Gasteiger partial charge < -0.3 is 14.7 Å². The zero-order valence-electron chi connectivity index (χ0n) is 10.5. The summed E-state index contributed by atoms with van der Waals surface area (Å²) >= 11 is 0. The Bertz CT molecular complexity index is 382. The Kier molecular flexibility index (Phi) is 3.97. The highest BCUT2D eigenvalue weighted by atomic mass is 16.5. The van der Waals surface area contributed by atoms with E-state index >= 15 is 0 Å². The molecule has 1 N–H and O–H groups in total. The van der Waals surface area contributed by atoms with Crippen molar-refractivity contribution in [2.75, 3.05) is 24.6 Å². The van der Waals surface area contributed by atoms with Crippen LogP contribution in [-0.2, 0) is 11.3 Å². The molecule has 0 spiro atoms. The van der Waals surface area contributed by atoms with Crippen LogP contribution in [0, 0.1) is 6.92 Å². The smallest absolute Gasteiger partial charge is 0.131 e. The van der Waals surface area contributed by atoms with Gasteiger partial charge in [-0.1, -0.05) is 0 Å². The monoisotopic (exact) mass is 236 g/mol. The predicted octanol–water partition coefficient (Wildman–Crippen LogP) is 1.50. The number of aliphatic hydroxyl groups excluding tert-OH is 1. The molecule has 1 atom stereocenters. The van der Waals surface area contributed by atoms with Crippen molar-refractivity contribution >= 4 is 5.82 Å². The molecule has 0 aliphatic carbocycles. The first-order chi connectivity index (χ1) is 8.20. The molecule has 2 rings (SSSR count). The summed E-state index contributed by atoms with van der Waals surface area (Å²) in [6.45, 7) is 6.87. The second-order valence-electron chi connectivity index (χ2n) is 4.62. The lowest BCUT2D eigenvalue weighted by Crippen LogP contribution is -2.31. The van der Waals surface area contributed by atoms with Gasteiger partial charge in [-0.2, -0.15) is 0 Å². The summed E-state index contributed by atoms with van der Waals surface area (Å²) in [6, 6.07) is 2.00. The summed E-state index contributed by atoms with van der Waals surface area (Å²) in [5.74, 6) is 1.01. The molecule has 1 aromatic heterocycles. The van der Waals surface area contributed by atoms with Crippen molar-refractivity contribution in [1.82, 2.24) is 4.98 Å². The molecule has 1 aliphatic heterocycles. The number of pyridine rings is 1. The fourth-order valence-corrected chi connectivity index (χ4v) is 2.23. The van der Waals surface area contributed by atoms with Gasteiger partial charge in [0.2, 0.25) is 0 Å². The number of rotatable bonds is 2. The second-order valence-corrected chi connectivity index (χ2v) is 4.62. The normalized spacial score (nSPS) is 21.4. The lowest BCUT2D eigenvalue weighted by Gasteiger charge is -2.24. The average molecular weight is 236 g/mol. The van der Waals surface area contributed by atoms with Gasteiger partial charge in [-0.25, -0.2) is 4.98 Å². The third-order valence-electron chi connectivity index (χ3n) is 3.04. The van der Waals surface area contributed by atoms with E-state index in [1.807, 2.05) is 13.0 Å². The Labute approximate surface area is 102 Å². The fourth-order valence-electron chi connectivity index (χ4n) is 2.23. The van der Waals surface area contributed by atoms with E-state index in [1.165, 1.54) is 0 Å². The Morgan fingerprint density at radius 2 is 2.41 bits per heavy atom. The molecule has 0 radical (unpaired) electrons. The minimum absolute atomic E-state index is 0.0492. The number of aromatic nitrogens is 1. The molecule has 1 aliphatic rings. The van der Waals surface area contributed by atoms with Crippen LogP contribution >= 0.6 is 0 Å². The molecule has 17 heavy (non-hydrogen) atoms. The van der Waals surface area contributed by atoms with E-state index in [9.17, 15) is 0 Å². The molecule has 1 unspecified atom stereocenters. The number of anilines is 1. The Balaban J connectivity index is 2.20. The predicted molar refractivity (Wildman–Crippen MR) is 67.1 cm³/mol. The molecule has 2 heterocycles. The first kappa shape index (κ1) is 12.3. The maximum atomic E-state index is 9.08.